The molecular formula is C15H23N3O. The molecule has 0 atom stereocenters. The van der Waals surface area contributed by atoms with Crippen LogP contribution in [0.1, 0.15) is 64.2 Å². The molecule has 0 aromatic carbocycles. The van der Waals surface area contributed by atoms with Crippen molar-refractivity contribution in [1.29, 1.82) is 0 Å². The summed E-state index contributed by atoms with van der Waals surface area (Å²) in [6.45, 7) is 0. The molecule has 2 spiro atoms. The second-order valence-corrected chi connectivity index (χ2v) is 7.08. The molecule has 1 saturated heterocycles. The lowest BCUT2D eigenvalue weighted by Crippen LogP contribution is -2.51. The summed E-state index contributed by atoms with van der Waals surface area (Å²) in [5, 5.41) is 6.39. The fraction of sp³-hybridized carbons (Fsp3) is 0.867. The number of carbonyl (C=O) groups excluding carboxylic acids is 1. The Hall–Kier alpha value is -1.06. The van der Waals surface area contributed by atoms with E-state index in [1.165, 1.54) is 51.4 Å². The summed E-state index contributed by atoms with van der Waals surface area (Å²) in [7, 11) is 0. The molecule has 3 aliphatic carbocycles. The van der Waals surface area contributed by atoms with Gasteiger partial charge in [0.2, 0.25) is 0 Å². The second-order valence-electron chi connectivity index (χ2n) is 7.08. The third kappa shape index (κ3) is 1.96. The highest BCUT2D eigenvalue weighted by molar-refractivity contribution is 6.09. The van der Waals surface area contributed by atoms with E-state index in [1.807, 2.05) is 0 Å². The minimum Gasteiger partial charge on any atom is -0.342 e. The van der Waals surface area contributed by atoms with E-state index in [1.54, 1.807) is 0 Å². The van der Waals surface area contributed by atoms with Crippen molar-refractivity contribution in [1.82, 2.24) is 10.6 Å². The molecule has 0 radical (unpaired) electrons. The van der Waals surface area contributed by atoms with Gasteiger partial charge in [0, 0.05) is 0 Å². The molecule has 4 nitrogen and oxygen atoms in total. The van der Waals surface area contributed by atoms with Crippen LogP contribution < -0.4 is 10.6 Å². The van der Waals surface area contributed by atoms with Crippen LogP contribution in [0.4, 0.5) is 0 Å². The number of rotatable bonds is 1. The van der Waals surface area contributed by atoms with Gasteiger partial charge in [0.1, 0.15) is 5.54 Å². The van der Waals surface area contributed by atoms with Gasteiger partial charge in [-0.15, -0.1) is 0 Å². The molecule has 0 unspecified atom stereocenters. The van der Waals surface area contributed by atoms with Crippen LogP contribution in [-0.4, -0.2) is 23.4 Å². The Labute approximate surface area is 114 Å². The van der Waals surface area contributed by atoms with Crippen LogP contribution in [0.15, 0.2) is 4.99 Å². The number of guanidine groups is 1. The first-order valence-corrected chi connectivity index (χ1v) is 7.87. The summed E-state index contributed by atoms with van der Waals surface area (Å²) in [5.41, 5.74) is 0.241. The van der Waals surface area contributed by atoms with Crippen molar-refractivity contribution in [2.24, 2.45) is 10.4 Å². The third-order valence-electron chi connectivity index (χ3n) is 5.71. The minimum absolute atomic E-state index is 0.166. The van der Waals surface area contributed by atoms with Gasteiger partial charge in [0.05, 0.1) is 6.04 Å². The zero-order valence-electron chi connectivity index (χ0n) is 11.5. The standard InChI is InChI=1S/C15H23N3O/c19-12-15(18-13(17-12)16-11-3-4-11)9-7-14(8-10-15)5-1-2-6-14/h11H,1-10H2,(H2,16,17,18,19). The first-order chi connectivity index (χ1) is 9.20. The number of carbonyl (C=O) groups is 1. The Balaban J connectivity index is 1.48. The fourth-order valence-electron chi connectivity index (χ4n) is 4.18. The van der Waals surface area contributed by atoms with Gasteiger partial charge in [-0.05, 0) is 56.8 Å². The first kappa shape index (κ1) is 11.7. The lowest BCUT2D eigenvalue weighted by molar-refractivity contribution is -0.126. The van der Waals surface area contributed by atoms with Crippen molar-refractivity contribution in [2.75, 3.05) is 0 Å². The van der Waals surface area contributed by atoms with Gasteiger partial charge in [0.15, 0.2) is 5.96 Å². The Bertz CT molecular complexity index is 423. The molecule has 4 rings (SSSR count). The van der Waals surface area contributed by atoms with E-state index in [-0.39, 0.29) is 11.4 Å². The zero-order chi connectivity index (χ0) is 12.9. The number of hydrogen-bond acceptors (Lipinski definition) is 2. The van der Waals surface area contributed by atoms with Gasteiger partial charge in [-0.3, -0.25) is 10.1 Å². The first-order valence-electron chi connectivity index (χ1n) is 7.87. The van der Waals surface area contributed by atoms with Gasteiger partial charge in [-0.2, -0.15) is 0 Å². The topological polar surface area (TPSA) is 53.5 Å². The molecule has 1 aliphatic heterocycles. The molecule has 4 aliphatic rings. The molecule has 0 bridgehead atoms. The highest BCUT2D eigenvalue weighted by Gasteiger charge is 2.51. The Morgan fingerprint density at radius 1 is 1.00 bits per heavy atom. The summed E-state index contributed by atoms with van der Waals surface area (Å²) in [6.07, 6.45) is 12.3. The molecule has 0 aromatic heterocycles. The molecule has 1 heterocycles. The zero-order valence-corrected chi connectivity index (χ0v) is 11.5. The van der Waals surface area contributed by atoms with Crippen molar-refractivity contribution < 1.29 is 4.79 Å². The summed E-state index contributed by atoms with van der Waals surface area (Å²) >= 11 is 0. The van der Waals surface area contributed by atoms with E-state index in [4.69, 9.17) is 0 Å². The van der Waals surface area contributed by atoms with E-state index in [0.29, 0.717) is 11.5 Å². The van der Waals surface area contributed by atoms with Gasteiger partial charge < -0.3 is 5.32 Å². The molecule has 104 valence electrons. The average molecular weight is 261 g/mol. The third-order valence-corrected chi connectivity index (χ3v) is 5.71. The van der Waals surface area contributed by atoms with E-state index in [0.717, 1.165) is 18.8 Å². The van der Waals surface area contributed by atoms with Gasteiger partial charge in [-0.1, -0.05) is 12.8 Å². The molecule has 4 fully saturated rings. The van der Waals surface area contributed by atoms with Crippen molar-refractivity contribution in [2.45, 2.75) is 75.8 Å². The number of amides is 1. The quantitative estimate of drug-likeness (QED) is 0.759. The minimum atomic E-state index is -0.332. The SMILES string of the molecule is O=C1NC(=NC2CC2)NC12CCC1(CCCC1)CC2. The van der Waals surface area contributed by atoms with Crippen molar-refractivity contribution in [3.63, 3.8) is 0 Å². The summed E-state index contributed by atoms with van der Waals surface area (Å²) in [5.74, 6) is 0.912. The molecule has 3 saturated carbocycles. The summed E-state index contributed by atoms with van der Waals surface area (Å²) in [6, 6.07) is 0.461. The Morgan fingerprint density at radius 2 is 1.68 bits per heavy atom. The lowest BCUT2D eigenvalue weighted by Gasteiger charge is -2.41. The van der Waals surface area contributed by atoms with E-state index in [9.17, 15) is 4.79 Å². The predicted octanol–water partition coefficient (Wildman–Crippen LogP) is 2.10. The number of aliphatic imine (C=N–C) groups is 1. The maximum atomic E-state index is 12.3. The van der Waals surface area contributed by atoms with E-state index >= 15 is 0 Å². The normalized spacial score (nSPS) is 33.9. The van der Waals surface area contributed by atoms with Crippen LogP contribution in [0.3, 0.4) is 0 Å². The smallest absolute Gasteiger partial charge is 0.252 e. The van der Waals surface area contributed by atoms with Crippen LogP contribution >= 0.6 is 0 Å². The molecule has 4 heteroatoms. The van der Waals surface area contributed by atoms with E-state index in [2.05, 4.69) is 15.6 Å². The van der Waals surface area contributed by atoms with Gasteiger partial charge in [-0.25, -0.2) is 4.99 Å². The van der Waals surface area contributed by atoms with Crippen molar-refractivity contribution in [3.8, 4) is 0 Å². The molecule has 0 aromatic rings. The van der Waals surface area contributed by atoms with E-state index < -0.39 is 0 Å². The van der Waals surface area contributed by atoms with Crippen LogP contribution in [0.5, 0.6) is 0 Å². The maximum Gasteiger partial charge on any atom is 0.252 e. The molecular weight excluding hydrogens is 238 g/mol. The molecule has 1 amide bonds. The average Bonchev–Trinajstić information content (AvgIpc) is 3.01. The van der Waals surface area contributed by atoms with Crippen molar-refractivity contribution >= 4 is 11.9 Å². The summed E-state index contributed by atoms with van der Waals surface area (Å²) in [4.78, 5) is 16.9. The number of hydrogen-bond donors (Lipinski definition) is 2. The Kier molecular flexibility index (Phi) is 2.45. The predicted molar refractivity (Wildman–Crippen MR) is 73.8 cm³/mol. The van der Waals surface area contributed by atoms with Crippen LogP contribution in [0.2, 0.25) is 0 Å². The highest BCUT2D eigenvalue weighted by atomic mass is 16.2. The number of nitrogens with zero attached hydrogens (tertiary/aromatic N) is 1. The Morgan fingerprint density at radius 3 is 2.32 bits per heavy atom. The second kappa shape index (κ2) is 3.97. The fourth-order valence-corrected chi connectivity index (χ4v) is 4.18. The number of nitrogens with one attached hydrogen (secondary N) is 2. The monoisotopic (exact) mass is 261 g/mol. The highest BCUT2D eigenvalue weighted by Crippen LogP contribution is 2.51. The van der Waals surface area contributed by atoms with Crippen LogP contribution in [-0.2, 0) is 4.79 Å². The maximum absolute atomic E-state index is 12.3. The van der Waals surface area contributed by atoms with Crippen molar-refractivity contribution in [3.05, 3.63) is 0 Å². The van der Waals surface area contributed by atoms with Crippen LogP contribution in [0, 0.1) is 5.41 Å². The molecule has 19 heavy (non-hydrogen) atoms. The largest absolute Gasteiger partial charge is 0.342 e. The van der Waals surface area contributed by atoms with Crippen LogP contribution in [0.25, 0.3) is 0 Å². The summed E-state index contributed by atoms with van der Waals surface area (Å²) < 4.78 is 0. The van der Waals surface area contributed by atoms with Gasteiger partial charge in [0.25, 0.3) is 5.91 Å². The lowest BCUT2D eigenvalue weighted by atomic mass is 9.66. The van der Waals surface area contributed by atoms with Gasteiger partial charge >= 0.3 is 0 Å². The molecule has 2 N–H and O–H groups in total.